The van der Waals surface area contributed by atoms with Gasteiger partial charge in [0.05, 0.1) is 11.2 Å². The van der Waals surface area contributed by atoms with Gasteiger partial charge in [0.1, 0.15) is 11.2 Å². The van der Waals surface area contributed by atoms with Gasteiger partial charge in [-0.15, -0.1) is 0 Å². The van der Waals surface area contributed by atoms with Crippen LogP contribution in [0.1, 0.15) is 86.7 Å². The van der Waals surface area contributed by atoms with Gasteiger partial charge in [-0.05, 0) is 80.9 Å². The number of ether oxygens (including phenoxy) is 4. The second-order valence-corrected chi connectivity index (χ2v) is 12.1. The van der Waals surface area contributed by atoms with Crippen LogP contribution in [-0.2, 0) is 25.5 Å². The van der Waals surface area contributed by atoms with E-state index in [1.54, 1.807) is 11.9 Å². The van der Waals surface area contributed by atoms with Crippen LogP contribution in [0.5, 0.6) is 0 Å². The van der Waals surface area contributed by atoms with Gasteiger partial charge in [0, 0.05) is 32.2 Å². The molecule has 1 heterocycles. The zero-order chi connectivity index (χ0) is 26.8. The van der Waals surface area contributed by atoms with Crippen LogP contribution in [0, 0.1) is 0 Å². The highest BCUT2D eigenvalue weighted by atomic mass is 16.7. The third-order valence-electron chi connectivity index (χ3n) is 5.91. The van der Waals surface area contributed by atoms with E-state index in [0.717, 1.165) is 11.1 Å². The fraction of sp³-hybridized carbons (Fsp3) is 0.704. The molecule has 0 radical (unpaired) electrons. The van der Waals surface area contributed by atoms with Crippen molar-refractivity contribution in [2.75, 3.05) is 20.1 Å². The standard InChI is InChI=1S/C27H44N2O6/c1-24(2,3)34-22(30)28(11)15-16-29(23(31)35-25(4,5)6)18-19-13-12-14-20(17-19)21-32-26(7,8)27(9,10)33-21/h12-14,17,21H,15-16,18H2,1-11H3. The van der Waals surface area contributed by atoms with Crippen LogP contribution < -0.4 is 0 Å². The van der Waals surface area contributed by atoms with Crippen LogP contribution in [0.15, 0.2) is 24.3 Å². The lowest BCUT2D eigenvalue weighted by atomic mass is 9.90. The summed E-state index contributed by atoms with van der Waals surface area (Å²) in [4.78, 5) is 28.4. The van der Waals surface area contributed by atoms with Crippen LogP contribution >= 0.6 is 0 Å². The molecule has 2 rings (SSSR count). The van der Waals surface area contributed by atoms with Crippen LogP contribution in [0.3, 0.4) is 0 Å². The molecule has 2 amide bonds. The summed E-state index contributed by atoms with van der Waals surface area (Å²) in [6, 6.07) is 7.82. The fourth-order valence-electron chi connectivity index (χ4n) is 3.30. The molecule has 1 aliphatic heterocycles. The number of benzene rings is 1. The topological polar surface area (TPSA) is 77.5 Å². The van der Waals surface area contributed by atoms with E-state index in [0.29, 0.717) is 13.1 Å². The average molecular weight is 493 g/mol. The summed E-state index contributed by atoms with van der Waals surface area (Å²) in [5.41, 5.74) is -0.328. The second kappa shape index (κ2) is 10.3. The minimum atomic E-state index is -0.642. The Kier molecular flexibility index (Phi) is 8.55. The van der Waals surface area contributed by atoms with E-state index < -0.39 is 40.9 Å². The third-order valence-corrected chi connectivity index (χ3v) is 5.91. The van der Waals surface area contributed by atoms with Crippen molar-refractivity contribution >= 4 is 12.2 Å². The molecule has 1 aliphatic rings. The van der Waals surface area contributed by atoms with Crippen molar-refractivity contribution in [2.45, 2.75) is 104 Å². The summed E-state index contributed by atoms with van der Waals surface area (Å²) in [6.45, 7) is 19.9. The molecule has 0 aromatic heterocycles. The summed E-state index contributed by atoms with van der Waals surface area (Å²) < 4.78 is 23.4. The molecule has 8 heteroatoms. The monoisotopic (exact) mass is 492 g/mol. The molecule has 0 unspecified atom stereocenters. The van der Waals surface area contributed by atoms with Gasteiger partial charge in [0.25, 0.3) is 0 Å². The number of carbonyl (C=O) groups excluding carboxylic acids is 2. The largest absolute Gasteiger partial charge is 0.444 e. The summed E-state index contributed by atoms with van der Waals surface area (Å²) in [7, 11) is 1.65. The summed E-state index contributed by atoms with van der Waals surface area (Å²) in [5, 5.41) is 0. The van der Waals surface area contributed by atoms with E-state index in [1.165, 1.54) is 4.90 Å². The number of nitrogens with zero attached hydrogens (tertiary/aromatic N) is 2. The van der Waals surface area contributed by atoms with Gasteiger partial charge in [-0.3, -0.25) is 0 Å². The van der Waals surface area contributed by atoms with Crippen molar-refractivity contribution in [3.63, 3.8) is 0 Å². The first kappa shape index (κ1) is 28.9. The SMILES string of the molecule is CN(CCN(Cc1cccc(C2OC(C)(C)C(C)(C)O2)c1)C(=O)OC(C)(C)C)C(=O)OC(C)(C)C. The van der Waals surface area contributed by atoms with Crippen LogP contribution in [-0.4, -0.2) is 64.5 Å². The molecule has 0 bridgehead atoms. The van der Waals surface area contributed by atoms with Gasteiger partial charge >= 0.3 is 12.2 Å². The molecule has 1 aromatic carbocycles. The number of hydrogen-bond donors (Lipinski definition) is 0. The molecule has 0 saturated carbocycles. The van der Waals surface area contributed by atoms with Gasteiger partial charge in [-0.25, -0.2) is 9.59 Å². The predicted molar refractivity (Wildman–Crippen MR) is 135 cm³/mol. The van der Waals surface area contributed by atoms with Crippen molar-refractivity contribution in [3.8, 4) is 0 Å². The summed E-state index contributed by atoms with van der Waals surface area (Å²) >= 11 is 0. The number of rotatable bonds is 6. The maximum atomic E-state index is 13.0. The molecule has 1 aromatic rings. The average Bonchev–Trinajstić information content (AvgIpc) is 2.89. The molecular formula is C27H44N2O6. The van der Waals surface area contributed by atoms with Gasteiger partial charge < -0.3 is 28.7 Å². The van der Waals surface area contributed by atoms with Crippen molar-refractivity contribution in [1.29, 1.82) is 0 Å². The highest BCUT2D eigenvalue weighted by Crippen LogP contribution is 2.44. The quantitative estimate of drug-likeness (QED) is 0.492. The Labute approximate surface area is 210 Å². The lowest BCUT2D eigenvalue weighted by Gasteiger charge is -2.30. The zero-order valence-electron chi connectivity index (χ0n) is 23.4. The van der Waals surface area contributed by atoms with Gasteiger partial charge in [0.15, 0.2) is 6.29 Å². The van der Waals surface area contributed by atoms with E-state index in [9.17, 15) is 9.59 Å². The first-order valence-electron chi connectivity index (χ1n) is 12.2. The van der Waals surface area contributed by atoms with Crippen molar-refractivity contribution in [2.24, 2.45) is 0 Å². The second-order valence-electron chi connectivity index (χ2n) is 12.1. The van der Waals surface area contributed by atoms with Crippen LogP contribution in [0.4, 0.5) is 9.59 Å². The molecule has 0 N–H and O–H groups in total. The first-order valence-corrected chi connectivity index (χ1v) is 12.2. The molecule has 0 atom stereocenters. The minimum Gasteiger partial charge on any atom is -0.444 e. The molecular weight excluding hydrogens is 448 g/mol. The Hall–Kier alpha value is -2.32. The van der Waals surface area contributed by atoms with Gasteiger partial charge in [-0.2, -0.15) is 0 Å². The molecule has 1 fully saturated rings. The maximum absolute atomic E-state index is 13.0. The van der Waals surface area contributed by atoms with E-state index in [1.807, 2.05) is 93.5 Å². The first-order chi connectivity index (χ1) is 15.8. The smallest absolute Gasteiger partial charge is 0.410 e. The molecule has 198 valence electrons. The number of hydrogen-bond acceptors (Lipinski definition) is 6. The predicted octanol–water partition coefficient (Wildman–Crippen LogP) is 5.89. The van der Waals surface area contributed by atoms with Crippen molar-refractivity contribution in [1.82, 2.24) is 9.80 Å². The number of carbonyl (C=O) groups is 2. The summed E-state index contributed by atoms with van der Waals surface area (Å²) in [5.74, 6) is 0. The Morgan fingerprint density at radius 1 is 0.886 bits per heavy atom. The minimum absolute atomic E-state index is 0.283. The lowest BCUT2D eigenvalue weighted by Crippen LogP contribution is -2.42. The fourth-order valence-corrected chi connectivity index (χ4v) is 3.30. The van der Waals surface area contributed by atoms with Crippen molar-refractivity contribution < 1.29 is 28.5 Å². The third kappa shape index (κ3) is 8.39. The zero-order valence-corrected chi connectivity index (χ0v) is 23.4. The van der Waals surface area contributed by atoms with Gasteiger partial charge in [-0.1, -0.05) is 18.2 Å². The molecule has 35 heavy (non-hydrogen) atoms. The van der Waals surface area contributed by atoms with Gasteiger partial charge in [0.2, 0.25) is 0 Å². The molecule has 1 saturated heterocycles. The normalized spacial score (nSPS) is 17.7. The van der Waals surface area contributed by atoms with Crippen molar-refractivity contribution in [3.05, 3.63) is 35.4 Å². The number of amides is 2. The highest BCUT2D eigenvalue weighted by Gasteiger charge is 2.49. The Balaban J connectivity index is 2.17. The lowest BCUT2D eigenvalue weighted by molar-refractivity contribution is -0.0896. The number of likely N-dealkylation sites (N-methyl/N-ethyl adjacent to an activating group) is 1. The Bertz CT molecular complexity index is 882. The maximum Gasteiger partial charge on any atom is 0.410 e. The van der Waals surface area contributed by atoms with E-state index in [4.69, 9.17) is 18.9 Å². The van der Waals surface area contributed by atoms with E-state index in [-0.39, 0.29) is 6.54 Å². The van der Waals surface area contributed by atoms with Crippen LogP contribution in [0.2, 0.25) is 0 Å². The Morgan fingerprint density at radius 2 is 1.40 bits per heavy atom. The molecule has 8 nitrogen and oxygen atoms in total. The highest BCUT2D eigenvalue weighted by molar-refractivity contribution is 5.69. The molecule has 0 spiro atoms. The van der Waals surface area contributed by atoms with E-state index in [2.05, 4.69) is 0 Å². The molecule has 0 aliphatic carbocycles. The van der Waals surface area contributed by atoms with E-state index >= 15 is 0 Å². The Morgan fingerprint density at radius 3 is 1.91 bits per heavy atom. The van der Waals surface area contributed by atoms with Crippen LogP contribution in [0.25, 0.3) is 0 Å². The summed E-state index contributed by atoms with van der Waals surface area (Å²) in [6.07, 6.45) is -1.38.